The maximum absolute atomic E-state index is 12.8. The zero-order valence-electron chi connectivity index (χ0n) is 10.2. The van der Waals surface area contributed by atoms with Crippen LogP contribution in [-0.4, -0.2) is 48.3 Å². The lowest BCUT2D eigenvalue weighted by molar-refractivity contribution is -0.129. The number of benzene rings is 1. The summed E-state index contributed by atoms with van der Waals surface area (Å²) in [5, 5.41) is 0. The molecule has 1 heterocycles. The summed E-state index contributed by atoms with van der Waals surface area (Å²) in [5.74, 6) is -0.667. The highest BCUT2D eigenvalue weighted by Gasteiger charge is 2.23. The van der Waals surface area contributed by atoms with Gasteiger partial charge in [-0.05, 0) is 30.7 Å². The SMILES string of the molecule is CN1CCCN(C(=O)c2ccc(F)cc2)CC1=O. The molecule has 0 saturated carbocycles. The summed E-state index contributed by atoms with van der Waals surface area (Å²) < 4.78 is 12.8. The summed E-state index contributed by atoms with van der Waals surface area (Å²) in [6.45, 7) is 1.30. The van der Waals surface area contributed by atoms with Crippen LogP contribution in [0.5, 0.6) is 0 Å². The second-order valence-corrected chi connectivity index (χ2v) is 4.40. The lowest BCUT2D eigenvalue weighted by Gasteiger charge is -2.19. The van der Waals surface area contributed by atoms with E-state index >= 15 is 0 Å². The molecular weight excluding hydrogens is 235 g/mol. The topological polar surface area (TPSA) is 40.6 Å². The Bertz CT molecular complexity index is 459. The molecule has 0 radical (unpaired) electrons. The van der Waals surface area contributed by atoms with Gasteiger partial charge in [0.25, 0.3) is 5.91 Å². The van der Waals surface area contributed by atoms with Crippen molar-refractivity contribution < 1.29 is 14.0 Å². The van der Waals surface area contributed by atoms with E-state index in [0.717, 1.165) is 6.42 Å². The third-order valence-corrected chi connectivity index (χ3v) is 3.05. The number of halogens is 1. The first kappa shape index (κ1) is 12.5. The number of hydrogen-bond donors (Lipinski definition) is 0. The number of hydrogen-bond acceptors (Lipinski definition) is 2. The number of amides is 2. The predicted octanol–water partition coefficient (Wildman–Crippen LogP) is 1.13. The van der Waals surface area contributed by atoms with Crippen molar-refractivity contribution in [2.75, 3.05) is 26.7 Å². The fraction of sp³-hybridized carbons (Fsp3) is 0.385. The largest absolute Gasteiger partial charge is 0.344 e. The Morgan fingerprint density at radius 1 is 1.22 bits per heavy atom. The molecule has 96 valence electrons. The molecule has 0 spiro atoms. The van der Waals surface area contributed by atoms with Gasteiger partial charge in [0.15, 0.2) is 0 Å². The standard InChI is InChI=1S/C13H15FN2O2/c1-15-7-2-8-16(9-12(15)17)13(18)10-3-5-11(14)6-4-10/h3-6H,2,7-9H2,1H3. The number of rotatable bonds is 1. The fourth-order valence-electron chi connectivity index (χ4n) is 1.93. The van der Waals surface area contributed by atoms with Gasteiger partial charge in [-0.15, -0.1) is 0 Å². The maximum Gasteiger partial charge on any atom is 0.254 e. The molecule has 18 heavy (non-hydrogen) atoms. The molecule has 1 fully saturated rings. The predicted molar refractivity (Wildman–Crippen MR) is 64.6 cm³/mol. The van der Waals surface area contributed by atoms with Crippen LogP contribution in [0.15, 0.2) is 24.3 Å². The first-order chi connectivity index (χ1) is 8.58. The summed E-state index contributed by atoms with van der Waals surface area (Å²) in [7, 11) is 1.73. The molecule has 0 N–H and O–H groups in total. The van der Waals surface area contributed by atoms with Gasteiger partial charge in [-0.2, -0.15) is 0 Å². The molecule has 1 aliphatic rings. The minimum absolute atomic E-state index is 0.0667. The lowest BCUT2D eigenvalue weighted by Crippen LogP contribution is -2.38. The zero-order chi connectivity index (χ0) is 13.1. The van der Waals surface area contributed by atoms with Crippen LogP contribution in [0.2, 0.25) is 0 Å². The number of carbonyl (C=O) groups is 2. The van der Waals surface area contributed by atoms with E-state index in [9.17, 15) is 14.0 Å². The van der Waals surface area contributed by atoms with Crippen LogP contribution < -0.4 is 0 Å². The Hall–Kier alpha value is -1.91. The van der Waals surface area contributed by atoms with Crippen LogP contribution in [0.4, 0.5) is 4.39 Å². The Morgan fingerprint density at radius 3 is 2.56 bits per heavy atom. The van der Waals surface area contributed by atoms with Gasteiger partial charge in [0.2, 0.25) is 5.91 Å². The van der Waals surface area contributed by atoms with Gasteiger partial charge < -0.3 is 9.80 Å². The molecular formula is C13H15FN2O2. The van der Waals surface area contributed by atoms with Crippen molar-refractivity contribution in [1.82, 2.24) is 9.80 Å². The normalized spacial score (nSPS) is 16.7. The third kappa shape index (κ3) is 2.67. The lowest BCUT2D eigenvalue weighted by atomic mass is 10.2. The Labute approximate surface area is 105 Å². The first-order valence-corrected chi connectivity index (χ1v) is 5.87. The van der Waals surface area contributed by atoms with Crippen LogP contribution in [0.3, 0.4) is 0 Å². The van der Waals surface area contributed by atoms with Crippen molar-refractivity contribution in [3.8, 4) is 0 Å². The van der Waals surface area contributed by atoms with Gasteiger partial charge >= 0.3 is 0 Å². The van der Waals surface area contributed by atoms with Gasteiger partial charge in [-0.1, -0.05) is 0 Å². The van der Waals surface area contributed by atoms with Crippen LogP contribution in [-0.2, 0) is 4.79 Å². The summed E-state index contributed by atoms with van der Waals surface area (Å²) in [5.41, 5.74) is 0.411. The van der Waals surface area contributed by atoms with Crippen molar-refractivity contribution in [2.45, 2.75) is 6.42 Å². The summed E-state index contributed by atoms with van der Waals surface area (Å²) in [6, 6.07) is 5.38. The highest BCUT2D eigenvalue weighted by molar-refractivity contribution is 5.96. The van der Waals surface area contributed by atoms with E-state index in [1.807, 2.05) is 0 Å². The molecule has 1 aromatic rings. The van der Waals surface area contributed by atoms with E-state index in [1.165, 1.54) is 29.2 Å². The van der Waals surface area contributed by atoms with E-state index in [2.05, 4.69) is 0 Å². The number of nitrogens with zero attached hydrogens (tertiary/aromatic N) is 2. The summed E-state index contributed by atoms with van der Waals surface area (Å²) >= 11 is 0. The maximum atomic E-state index is 12.8. The van der Waals surface area contributed by atoms with E-state index in [1.54, 1.807) is 11.9 Å². The fourth-order valence-corrected chi connectivity index (χ4v) is 1.93. The zero-order valence-corrected chi connectivity index (χ0v) is 10.2. The van der Waals surface area contributed by atoms with Crippen LogP contribution in [0, 0.1) is 5.82 Å². The van der Waals surface area contributed by atoms with Gasteiger partial charge in [0.1, 0.15) is 12.4 Å². The van der Waals surface area contributed by atoms with Crippen LogP contribution >= 0.6 is 0 Å². The average molecular weight is 250 g/mol. The second kappa shape index (κ2) is 5.16. The Balaban J connectivity index is 2.13. The molecule has 0 atom stereocenters. The molecule has 1 aliphatic heterocycles. The van der Waals surface area contributed by atoms with Gasteiger partial charge in [-0.25, -0.2) is 4.39 Å². The average Bonchev–Trinajstić information content (AvgIpc) is 2.52. The van der Waals surface area contributed by atoms with Crippen LogP contribution in [0.1, 0.15) is 16.8 Å². The third-order valence-electron chi connectivity index (χ3n) is 3.05. The number of carbonyl (C=O) groups excluding carboxylic acids is 2. The van der Waals surface area contributed by atoms with Crippen molar-refractivity contribution in [2.24, 2.45) is 0 Å². The van der Waals surface area contributed by atoms with Crippen molar-refractivity contribution in [3.05, 3.63) is 35.6 Å². The van der Waals surface area contributed by atoms with E-state index < -0.39 is 0 Å². The molecule has 0 unspecified atom stereocenters. The number of likely N-dealkylation sites (N-methyl/N-ethyl adjacent to an activating group) is 1. The van der Waals surface area contributed by atoms with E-state index in [-0.39, 0.29) is 24.2 Å². The highest BCUT2D eigenvalue weighted by Crippen LogP contribution is 2.10. The van der Waals surface area contributed by atoms with Gasteiger partial charge in [0.05, 0.1) is 0 Å². The second-order valence-electron chi connectivity index (χ2n) is 4.40. The molecule has 2 rings (SSSR count). The molecule has 0 aliphatic carbocycles. The molecule has 2 amide bonds. The van der Waals surface area contributed by atoms with Crippen molar-refractivity contribution in [3.63, 3.8) is 0 Å². The van der Waals surface area contributed by atoms with Gasteiger partial charge in [-0.3, -0.25) is 9.59 Å². The molecule has 1 saturated heterocycles. The van der Waals surface area contributed by atoms with E-state index in [0.29, 0.717) is 18.7 Å². The van der Waals surface area contributed by atoms with Crippen molar-refractivity contribution in [1.29, 1.82) is 0 Å². The van der Waals surface area contributed by atoms with Gasteiger partial charge in [0, 0.05) is 25.7 Å². The first-order valence-electron chi connectivity index (χ1n) is 5.87. The molecule has 5 heteroatoms. The smallest absolute Gasteiger partial charge is 0.254 e. The monoisotopic (exact) mass is 250 g/mol. The van der Waals surface area contributed by atoms with Crippen molar-refractivity contribution >= 4 is 11.8 Å². The highest BCUT2D eigenvalue weighted by atomic mass is 19.1. The molecule has 4 nitrogen and oxygen atoms in total. The minimum atomic E-state index is -0.377. The Kier molecular flexibility index (Phi) is 3.60. The summed E-state index contributed by atoms with van der Waals surface area (Å²) in [4.78, 5) is 27.0. The summed E-state index contributed by atoms with van der Waals surface area (Å²) in [6.07, 6.45) is 0.759. The quantitative estimate of drug-likeness (QED) is 0.749. The molecule has 0 bridgehead atoms. The molecule has 1 aromatic carbocycles. The minimum Gasteiger partial charge on any atom is -0.344 e. The van der Waals surface area contributed by atoms with Crippen LogP contribution in [0.25, 0.3) is 0 Å². The molecule has 0 aromatic heterocycles. The Morgan fingerprint density at radius 2 is 1.89 bits per heavy atom. The van der Waals surface area contributed by atoms with E-state index in [4.69, 9.17) is 0 Å².